The Labute approximate surface area is 256 Å². The lowest BCUT2D eigenvalue weighted by atomic mass is 9.84. The van der Waals surface area contributed by atoms with Gasteiger partial charge in [-0.2, -0.15) is 5.10 Å². The molecule has 3 aromatic heterocycles. The summed E-state index contributed by atoms with van der Waals surface area (Å²) >= 11 is 1.69. The van der Waals surface area contributed by atoms with Crippen LogP contribution in [0.15, 0.2) is 78.0 Å². The topological polar surface area (TPSA) is 92.1 Å². The number of fused-ring (bicyclic) bond motifs is 2. The van der Waals surface area contributed by atoms with E-state index in [0.717, 1.165) is 78.5 Å². The highest BCUT2D eigenvalue weighted by Crippen LogP contribution is 2.35. The predicted molar refractivity (Wildman–Crippen MR) is 177 cm³/mol. The first-order valence-corrected chi connectivity index (χ1v) is 15.6. The molecule has 0 atom stereocenters. The van der Waals surface area contributed by atoms with Gasteiger partial charge in [0.1, 0.15) is 17.0 Å². The van der Waals surface area contributed by atoms with Crippen molar-refractivity contribution in [2.75, 3.05) is 19.9 Å². The van der Waals surface area contributed by atoms with Crippen LogP contribution in [0.1, 0.15) is 23.6 Å². The highest BCUT2D eigenvalue weighted by atomic mass is 32.2. The summed E-state index contributed by atoms with van der Waals surface area (Å²) in [5.41, 5.74) is 9.25. The SMILES string of the molecule is CCN(Cc1cncc(-c2ccc3c(c2)c(-c2nc4c(SC)cccc4[nH]2)nn3Cc2ccc(OC)cc2)c1C)B(C)O. The predicted octanol–water partition coefficient (Wildman–Crippen LogP) is 6.66. The van der Waals surface area contributed by atoms with Crippen molar-refractivity contribution in [1.29, 1.82) is 0 Å². The van der Waals surface area contributed by atoms with E-state index in [1.807, 2.05) is 34.0 Å². The first-order chi connectivity index (χ1) is 20.9. The number of para-hydroxylation sites is 1. The number of hydrogen-bond acceptors (Lipinski definition) is 7. The first-order valence-electron chi connectivity index (χ1n) is 14.4. The van der Waals surface area contributed by atoms with Crippen LogP contribution < -0.4 is 4.74 Å². The standard InChI is InChI=1S/C33H35BN6O2S/c1-6-39(34(3)41)20-24-17-35-18-27(21(24)2)23-12-15-29-26(16-23)31(33-36-28-8-7-9-30(43-5)32(28)37-33)38-40(29)19-22-10-13-25(42-4)14-11-22/h7-18,41H,6,19-20H2,1-5H3,(H,36,37). The lowest BCUT2D eigenvalue weighted by Crippen LogP contribution is -2.36. The van der Waals surface area contributed by atoms with Gasteiger partial charge >= 0.3 is 7.05 Å². The fraction of sp³-hybridized carbons (Fsp3) is 0.242. The number of imidazole rings is 1. The number of hydrogen-bond donors (Lipinski definition) is 2. The molecule has 0 amide bonds. The third-order valence-corrected chi connectivity index (χ3v) is 8.87. The number of methoxy groups -OCH3 is 1. The number of pyridine rings is 1. The van der Waals surface area contributed by atoms with E-state index in [9.17, 15) is 5.02 Å². The normalized spacial score (nSPS) is 11.6. The van der Waals surface area contributed by atoms with Crippen LogP contribution in [-0.2, 0) is 13.1 Å². The van der Waals surface area contributed by atoms with Gasteiger partial charge in [-0.1, -0.05) is 31.2 Å². The largest absolute Gasteiger partial charge is 0.497 e. The molecule has 218 valence electrons. The van der Waals surface area contributed by atoms with Gasteiger partial charge in [-0.25, -0.2) is 4.98 Å². The van der Waals surface area contributed by atoms with Crippen LogP contribution in [0.5, 0.6) is 5.75 Å². The summed E-state index contributed by atoms with van der Waals surface area (Å²) in [6, 6.07) is 20.8. The third-order valence-electron chi connectivity index (χ3n) is 8.10. The summed E-state index contributed by atoms with van der Waals surface area (Å²) in [5.74, 6) is 1.57. The van der Waals surface area contributed by atoms with E-state index in [4.69, 9.17) is 14.8 Å². The molecule has 0 aliphatic carbocycles. The van der Waals surface area contributed by atoms with Crippen LogP contribution in [0.25, 0.3) is 44.6 Å². The summed E-state index contributed by atoms with van der Waals surface area (Å²) < 4.78 is 7.40. The Morgan fingerprint density at radius 1 is 1.09 bits per heavy atom. The molecular formula is C33H35BN6O2S. The Morgan fingerprint density at radius 2 is 1.91 bits per heavy atom. The molecule has 0 saturated carbocycles. The Hall–Kier alpha value is -4.12. The number of aromatic amines is 1. The van der Waals surface area contributed by atoms with Crippen LogP contribution in [0.3, 0.4) is 0 Å². The van der Waals surface area contributed by atoms with E-state index in [1.165, 1.54) is 0 Å². The van der Waals surface area contributed by atoms with Gasteiger partial charge in [-0.15, -0.1) is 11.8 Å². The van der Waals surface area contributed by atoms with Crippen LogP contribution in [0, 0.1) is 6.92 Å². The fourth-order valence-electron chi connectivity index (χ4n) is 5.57. The molecule has 3 aromatic carbocycles. The summed E-state index contributed by atoms with van der Waals surface area (Å²) in [4.78, 5) is 16.3. The fourth-order valence-corrected chi connectivity index (χ4v) is 6.14. The number of rotatable bonds is 10. The molecule has 6 aromatic rings. The van der Waals surface area contributed by atoms with Crippen molar-refractivity contribution < 1.29 is 9.76 Å². The number of benzene rings is 3. The molecule has 3 heterocycles. The second-order valence-electron chi connectivity index (χ2n) is 10.7. The van der Waals surface area contributed by atoms with Crippen LogP contribution in [0.4, 0.5) is 0 Å². The number of H-pyrrole nitrogens is 1. The molecule has 2 N–H and O–H groups in total. The highest BCUT2D eigenvalue weighted by Gasteiger charge is 2.20. The Morgan fingerprint density at radius 3 is 2.63 bits per heavy atom. The number of thioether (sulfide) groups is 1. The zero-order chi connectivity index (χ0) is 30.1. The number of aromatic nitrogens is 5. The van der Waals surface area contributed by atoms with Gasteiger partial charge in [0.2, 0.25) is 0 Å². The van der Waals surface area contributed by atoms with Crippen LogP contribution in [0.2, 0.25) is 6.82 Å². The second-order valence-corrected chi connectivity index (χ2v) is 11.5. The molecule has 0 bridgehead atoms. The third kappa shape index (κ3) is 5.65. The maximum Gasteiger partial charge on any atom is 0.376 e. The van der Waals surface area contributed by atoms with Gasteiger partial charge in [0, 0.05) is 34.8 Å². The van der Waals surface area contributed by atoms with Crippen molar-refractivity contribution in [3.63, 3.8) is 0 Å². The zero-order valence-corrected chi connectivity index (χ0v) is 25.9. The van der Waals surface area contributed by atoms with Gasteiger partial charge in [0.05, 0.1) is 24.7 Å². The van der Waals surface area contributed by atoms with E-state index in [2.05, 4.69) is 78.6 Å². The molecule has 0 saturated heterocycles. The Kier molecular flexibility index (Phi) is 8.25. The average molecular weight is 591 g/mol. The van der Waals surface area contributed by atoms with Gasteiger partial charge < -0.3 is 19.6 Å². The molecule has 0 radical (unpaired) electrons. The quantitative estimate of drug-likeness (QED) is 0.136. The summed E-state index contributed by atoms with van der Waals surface area (Å²) in [7, 11) is 1.15. The van der Waals surface area contributed by atoms with Crippen molar-refractivity contribution >= 4 is 40.7 Å². The van der Waals surface area contributed by atoms with Crippen LogP contribution >= 0.6 is 11.8 Å². The maximum absolute atomic E-state index is 10.2. The molecule has 43 heavy (non-hydrogen) atoms. The number of nitrogens with zero attached hydrogens (tertiary/aromatic N) is 5. The smallest absolute Gasteiger partial charge is 0.376 e. The molecular weight excluding hydrogens is 555 g/mol. The van der Waals surface area contributed by atoms with E-state index >= 15 is 0 Å². The Balaban J connectivity index is 1.48. The van der Waals surface area contributed by atoms with Crippen molar-refractivity contribution in [3.8, 4) is 28.4 Å². The summed E-state index contributed by atoms with van der Waals surface area (Å²) in [6.45, 7) is 7.97. The average Bonchev–Trinajstić information content (AvgIpc) is 3.62. The molecule has 8 nitrogen and oxygen atoms in total. The summed E-state index contributed by atoms with van der Waals surface area (Å²) in [6.07, 6.45) is 5.89. The van der Waals surface area contributed by atoms with Crippen molar-refractivity contribution in [1.82, 2.24) is 29.5 Å². The molecule has 0 unspecified atom stereocenters. The maximum atomic E-state index is 10.2. The van der Waals surface area contributed by atoms with Crippen molar-refractivity contribution in [2.45, 2.75) is 38.7 Å². The molecule has 10 heteroatoms. The monoisotopic (exact) mass is 590 g/mol. The molecule has 0 fully saturated rings. The number of ether oxygens (including phenoxy) is 1. The van der Waals surface area contributed by atoms with Gasteiger partial charge in [0.15, 0.2) is 5.82 Å². The lowest BCUT2D eigenvalue weighted by Gasteiger charge is -2.22. The molecule has 0 aliphatic rings. The van der Waals surface area contributed by atoms with Gasteiger partial charge in [0.25, 0.3) is 0 Å². The molecule has 0 aliphatic heterocycles. The van der Waals surface area contributed by atoms with Crippen molar-refractivity contribution in [2.24, 2.45) is 0 Å². The lowest BCUT2D eigenvalue weighted by molar-refractivity contribution is 0.373. The first kappa shape index (κ1) is 29.0. The summed E-state index contributed by atoms with van der Waals surface area (Å²) in [5, 5.41) is 16.3. The van der Waals surface area contributed by atoms with Gasteiger partial charge in [-0.3, -0.25) is 9.67 Å². The van der Waals surface area contributed by atoms with E-state index < -0.39 is 7.05 Å². The van der Waals surface area contributed by atoms with E-state index in [0.29, 0.717) is 13.1 Å². The second kappa shape index (κ2) is 12.2. The minimum Gasteiger partial charge on any atom is -0.497 e. The molecule has 0 spiro atoms. The van der Waals surface area contributed by atoms with Crippen molar-refractivity contribution in [3.05, 3.63) is 89.7 Å². The van der Waals surface area contributed by atoms with Gasteiger partial charge in [-0.05, 0) is 85.2 Å². The minimum atomic E-state index is -0.529. The van der Waals surface area contributed by atoms with Crippen LogP contribution in [-0.4, -0.2) is 61.5 Å². The highest BCUT2D eigenvalue weighted by molar-refractivity contribution is 7.98. The Bertz CT molecular complexity index is 1900. The molecule has 6 rings (SSSR count). The zero-order valence-electron chi connectivity index (χ0n) is 25.1. The van der Waals surface area contributed by atoms with E-state index in [-0.39, 0.29) is 0 Å². The number of nitrogens with one attached hydrogen (secondary N) is 1. The minimum absolute atomic E-state index is 0.529. The van der Waals surface area contributed by atoms with E-state index in [1.54, 1.807) is 25.7 Å².